The van der Waals surface area contributed by atoms with Crippen LogP contribution >= 0.6 is 7.75 Å². The maximum atomic E-state index is 13.6. The van der Waals surface area contributed by atoms with Gasteiger partial charge in [0.15, 0.2) is 0 Å². The molecule has 0 radical (unpaired) electrons. The maximum Gasteiger partial charge on any atom is 0.508 e. The molecule has 1 saturated carbocycles. The highest BCUT2D eigenvalue weighted by atomic mass is 31.2. The van der Waals surface area contributed by atoms with Crippen molar-refractivity contribution >= 4 is 32.0 Å². The zero-order valence-electron chi connectivity index (χ0n) is 28.0. The molecule has 2 aromatic rings. The molecular weight excluding hydrogens is 657 g/mol. The van der Waals surface area contributed by atoms with E-state index in [0.29, 0.717) is 25.7 Å². The third-order valence-corrected chi connectivity index (χ3v) is 9.28. The Labute approximate surface area is 287 Å². The first-order chi connectivity index (χ1) is 23.7. The summed E-state index contributed by atoms with van der Waals surface area (Å²) in [6.07, 6.45) is 5.03. The summed E-state index contributed by atoms with van der Waals surface area (Å²) in [5.74, 6) is -1.64. The molecule has 270 valence electrons. The molecule has 14 nitrogen and oxygen atoms in total. The lowest BCUT2D eigenvalue weighted by molar-refractivity contribution is -0.143. The minimum absolute atomic E-state index is 0.143. The molecule has 0 saturated heterocycles. The van der Waals surface area contributed by atoms with Crippen LogP contribution in [-0.2, 0) is 50.2 Å². The average Bonchev–Trinajstić information content (AvgIpc) is 3.10. The fraction of sp³-hybridized carbons (Fsp3) is 0.529. The Balaban J connectivity index is 1.49. The van der Waals surface area contributed by atoms with E-state index in [1.165, 1.54) is 11.9 Å². The molecular formula is C34H48N3O11P. The predicted octanol–water partition coefficient (Wildman–Crippen LogP) is 5.98. The fourth-order valence-electron chi connectivity index (χ4n) is 5.36. The van der Waals surface area contributed by atoms with E-state index >= 15 is 0 Å². The molecule has 1 aliphatic rings. The summed E-state index contributed by atoms with van der Waals surface area (Å²) >= 11 is 0. The lowest BCUT2D eigenvalue weighted by atomic mass is 9.83. The summed E-state index contributed by atoms with van der Waals surface area (Å²) in [6.45, 7) is -1.23. The number of nitrogens with zero attached hydrogens (tertiary/aromatic N) is 2. The Hall–Kier alpha value is -4.13. The van der Waals surface area contributed by atoms with Gasteiger partial charge in [0, 0.05) is 7.05 Å². The molecule has 0 heterocycles. The summed E-state index contributed by atoms with van der Waals surface area (Å²) in [6, 6.07) is 18.5. The van der Waals surface area contributed by atoms with Gasteiger partial charge < -0.3 is 34.7 Å². The Bertz CT molecular complexity index is 1290. The first-order valence-electron chi connectivity index (χ1n) is 16.5. The Morgan fingerprint density at radius 2 is 1.22 bits per heavy atom. The van der Waals surface area contributed by atoms with Gasteiger partial charge in [0.2, 0.25) is 5.96 Å². The normalized spacial score (nSPS) is 14.4. The molecule has 15 heteroatoms. The highest BCUT2D eigenvalue weighted by Crippen LogP contribution is 2.50. The summed E-state index contributed by atoms with van der Waals surface area (Å²) in [7, 11) is -2.97. The molecule has 0 bridgehead atoms. The number of guanidine groups is 1. The number of aliphatic carboxylic acids is 1. The molecule has 1 unspecified atom stereocenters. The number of carboxylic acids is 1. The minimum Gasteiger partial charge on any atom is -0.480 e. The van der Waals surface area contributed by atoms with Crippen LogP contribution in [0, 0.1) is 5.92 Å². The van der Waals surface area contributed by atoms with Gasteiger partial charge in [0.1, 0.15) is 19.3 Å². The second kappa shape index (κ2) is 21.8. The smallest absolute Gasteiger partial charge is 0.480 e. The van der Waals surface area contributed by atoms with Crippen LogP contribution in [-0.4, -0.2) is 87.0 Å². The van der Waals surface area contributed by atoms with E-state index in [0.717, 1.165) is 43.2 Å². The van der Waals surface area contributed by atoms with Crippen molar-refractivity contribution in [3.63, 3.8) is 0 Å². The third-order valence-electron chi connectivity index (χ3n) is 7.81. The zero-order valence-corrected chi connectivity index (χ0v) is 28.9. The maximum absolute atomic E-state index is 13.6. The quantitative estimate of drug-likeness (QED) is 0.0539. The lowest BCUT2D eigenvalue weighted by Crippen LogP contribution is -2.50. The predicted molar refractivity (Wildman–Crippen MR) is 181 cm³/mol. The van der Waals surface area contributed by atoms with Gasteiger partial charge in [-0.25, -0.2) is 18.9 Å². The summed E-state index contributed by atoms with van der Waals surface area (Å²) < 4.78 is 48.5. The standard InChI is InChI=1S/C34H48N3O11P/c1-37(30(31(38)39)29-19-9-4-10-20-29)32(35)36-49(42,47-25-23-45-33(40)43-21-11-17-27-13-5-2-6-14-27)48-26-24-46-34(41)44-22-12-18-28-15-7-3-8-16-28/h2-3,5-8,13-16,29-30H,4,9-12,17-26H2,1H3,(H,38,39)(H2,35,36,42). The first kappa shape index (κ1) is 39.3. The Morgan fingerprint density at radius 1 is 0.776 bits per heavy atom. The van der Waals surface area contributed by atoms with Crippen molar-refractivity contribution < 1.29 is 52.1 Å². The van der Waals surface area contributed by atoms with Crippen molar-refractivity contribution in [2.45, 2.75) is 63.8 Å². The summed E-state index contributed by atoms with van der Waals surface area (Å²) in [4.78, 5) is 37.4. The van der Waals surface area contributed by atoms with E-state index in [1.807, 2.05) is 60.7 Å². The van der Waals surface area contributed by atoms with Crippen LogP contribution in [0.15, 0.2) is 65.4 Å². The average molecular weight is 706 g/mol. The Kier molecular flexibility index (Phi) is 17.5. The van der Waals surface area contributed by atoms with E-state index in [-0.39, 0.29) is 38.3 Å². The largest absolute Gasteiger partial charge is 0.508 e. The van der Waals surface area contributed by atoms with Crippen LogP contribution < -0.4 is 5.73 Å². The second-order valence-corrected chi connectivity index (χ2v) is 13.1. The van der Waals surface area contributed by atoms with Gasteiger partial charge in [-0.05, 0) is 55.6 Å². The molecule has 2 aromatic carbocycles. The van der Waals surface area contributed by atoms with E-state index in [1.54, 1.807) is 0 Å². The van der Waals surface area contributed by atoms with Crippen molar-refractivity contribution in [1.82, 2.24) is 4.90 Å². The van der Waals surface area contributed by atoms with E-state index in [4.69, 9.17) is 33.7 Å². The lowest BCUT2D eigenvalue weighted by Gasteiger charge is -2.34. The van der Waals surface area contributed by atoms with Gasteiger partial charge in [-0.3, -0.25) is 9.05 Å². The van der Waals surface area contributed by atoms with Crippen LogP contribution in [0.3, 0.4) is 0 Å². The summed E-state index contributed by atoms with van der Waals surface area (Å²) in [5.41, 5.74) is 8.37. The van der Waals surface area contributed by atoms with Crippen LogP contribution in [0.25, 0.3) is 0 Å². The highest BCUT2D eigenvalue weighted by molar-refractivity contribution is 7.52. The van der Waals surface area contributed by atoms with E-state index in [2.05, 4.69) is 4.76 Å². The first-order valence-corrected chi connectivity index (χ1v) is 18.0. The Morgan fingerprint density at radius 3 is 1.67 bits per heavy atom. The molecule has 0 spiro atoms. The van der Waals surface area contributed by atoms with Crippen LogP contribution in [0.1, 0.15) is 56.1 Å². The van der Waals surface area contributed by atoms with Gasteiger partial charge in [-0.1, -0.05) is 79.9 Å². The van der Waals surface area contributed by atoms with Crippen molar-refractivity contribution in [2.75, 3.05) is 46.7 Å². The van der Waals surface area contributed by atoms with E-state index < -0.39 is 45.3 Å². The molecule has 49 heavy (non-hydrogen) atoms. The number of carboxylic acid groups (broad SMARTS) is 1. The monoisotopic (exact) mass is 705 g/mol. The molecule has 1 aliphatic carbocycles. The fourth-order valence-corrected chi connectivity index (χ4v) is 6.55. The van der Waals surface area contributed by atoms with Crippen molar-refractivity contribution in [1.29, 1.82) is 0 Å². The minimum atomic E-state index is -4.42. The number of ether oxygens (including phenoxy) is 4. The van der Waals surface area contributed by atoms with Crippen LogP contribution in [0.4, 0.5) is 9.59 Å². The number of nitrogens with two attached hydrogens (primary N) is 1. The van der Waals surface area contributed by atoms with E-state index in [9.17, 15) is 24.1 Å². The number of hydrogen-bond donors (Lipinski definition) is 2. The molecule has 0 amide bonds. The molecule has 1 fully saturated rings. The molecule has 1 atom stereocenters. The topological polar surface area (TPSA) is 186 Å². The van der Waals surface area contributed by atoms with Gasteiger partial charge >= 0.3 is 26.0 Å². The zero-order chi connectivity index (χ0) is 35.3. The van der Waals surface area contributed by atoms with Crippen molar-refractivity contribution in [3.8, 4) is 0 Å². The number of benzene rings is 2. The number of carbonyl (C=O) groups excluding carboxylic acids is 2. The molecule has 0 aliphatic heterocycles. The van der Waals surface area contributed by atoms with Crippen LogP contribution in [0.2, 0.25) is 0 Å². The van der Waals surface area contributed by atoms with Crippen molar-refractivity contribution in [2.24, 2.45) is 16.4 Å². The second-order valence-electron chi connectivity index (χ2n) is 11.5. The summed E-state index contributed by atoms with van der Waals surface area (Å²) in [5, 5.41) is 9.96. The number of rotatable bonds is 20. The number of likely N-dealkylation sites (N-methyl/N-ethyl adjacent to an activating group) is 1. The van der Waals surface area contributed by atoms with Gasteiger partial charge in [-0.2, -0.15) is 0 Å². The molecule has 0 aromatic heterocycles. The van der Waals surface area contributed by atoms with Gasteiger partial charge in [0.25, 0.3) is 0 Å². The molecule has 3 rings (SSSR count). The van der Waals surface area contributed by atoms with Crippen molar-refractivity contribution in [3.05, 3.63) is 71.8 Å². The number of aryl methyl sites for hydroxylation is 2. The molecule has 3 N–H and O–H groups in total. The van der Waals surface area contributed by atoms with Gasteiger partial charge in [0.05, 0.1) is 26.4 Å². The van der Waals surface area contributed by atoms with Crippen LogP contribution in [0.5, 0.6) is 0 Å². The number of hydrogen-bond acceptors (Lipinski definition) is 10. The van der Waals surface area contributed by atoms with Gasteiger partial charge in [-0.15, -0.1) is 4.76 Å². The highest BCUT2D eigenvalue weighted by Gasteiger charge is 2.35. The third kappa shape index (κ3) is 15.3. The SMILES string of the molecule is CN(C(N)=NP(=O)(OCCOC(=O)OCCCc1ccccc1)OCCOC(=O)OCCCc1ccccc1)C(C(=O)O)C1CCCCC1. The number of carbonyl (C=O) groups is 3.